The summed E-state index contributed by atoms with van der Waals surface area (Å²) >= 11 is 5.81. The van der Waals surface area contributed by atoms with Crippen LogP contribution >= 0.6 is 11.6 Å². The van der Waals surface area contributed by atoms with E-state index in [9.17, 15) is 0 Å². The third kappa shape index (κ3) is 3.34. The molecule has 2 rings (SSSR count). The lowest BCUT2D eigenvalue weighted by molar-refractivity contribution is 0.459. The van der Waals surface area contributed by atoms with Crippen LogP contribution < -0.4 is 10.5 Å². The molecule has 0 bridgehead atoms. The van der Waals surface area contributed by atoms with E-state index in [0.29, 0.717) is 28.3 Å². The summed E-state index contributed by atoms with van der Waals surface area (Å²) < 4.78 is 5.61. The van der Waals surface area contributed by atoms with Crippen molar-refractivity contribution in [1.29, 1.82) is 0 Å². The Morgan fingerprint density at radius 1 is 1.22 bits per heavy atom. The van der Waals surface area contributed by atoms with Crippen LogP contribution in [0.25, 0.3) is 0 Å². The number of nitrogens with two attached hydrogens (primary N) is 1. The average Bonchev–Trinajstić information content (AvgIpc) is 2.32. The second-order valence-electron chi connectivity index (χ2n) is 3.85. The van der Waals surface area contributed by atoms with Gasteiger partial charge in [0.1, 0.15) is 17.4 Å². The lowest BCUT2D eigenvalue weighted by Crippen LogP contribution is -2.01. The van der Waals surface area contributed by atoms with Crippen molar-refractivity contribution in [2.24, 2.45) is 0 Å². The first-order valence-corrected chi connectivity index (χ1v) is 6.12. The Kier molecular flexibility index (Phi) is 3.99. The Hall–Kier alpha value is -1.81. The summed E-state index contributed by atoms with van der Waals surface area (Å²) in [6.45, 7) is 2.06. The minimum atomic E-state index is 0.414. The summed E-state index contributed by atoms with van der Waals surface area (Å²) in [7, 11) is 0. The first-order chi connectivity index (χ1) is 8.67. The Morgan fingerprint density at radius 2 is 1.94 bits per heavy atom. The van der Waals surface area contributed by atoms with Gasteiger partial charge in [-0.05, 0) is 30.7 Å². The number of aryl methyl sites for hydroxylation is 1. The Balaban J connectivity index is 2.20. The van der Waals surface area contributed by atoms with Gasteiger partial charge in [-0.3, -0.25) is 0 Å². The molecule has 4 nitrogen and oxygen atoms in total. The highest BCUT2D eigenvalue weighted by molar-refractivity contribution is 6.30. The molecule has 0 fully saturated rings. The summed E-state index contributed by atoms with van der Waals surface area (Å²) in [5.41, 5.74) is 5.72. The molecule has 0 saturated heterocycles. The quantitative estimate of drug-likeness (QED) is 0.918. The highest BCUT2D eigenvalue weighted by Gasteiger charge is 2.04. The van der Waals surface area contributed by atoms with E-state index in [1.54, 1.807) is 30.3 Å². The van der Waals surface area contributed by atoms with E-state index >= 15 is 0 Å². The fourth-order valence-electron chi connectivity index (χ4n) is 1.50. The largest absolute Gasteiger partial charge is 0.439 e. The van der Waals surface area contributed by atoms with Gasteiger partial charge in [-0.25, -0.2) is 4.98 Å². The van der Waals surface area contributed by atoms with E-state index in [-0.39, 0.29) is 0 Å². The standard InChI is InChI=1S/C13H14ClN3O/c1-2-3-12-16-11(15)8-13(17-12)18-10-6-4-9(14)5-7-10/h4-8H,2-3H2,1H3,(H2,15,16,17). The van der Waals surface area contributed by atoms with Crippen molar-refractivity contribution in [1.82, 2.24) is 9.97 Å². The van der Waals surface area contributed by atoms with E-state index in [1.165, 1.54) is 0 Å². The van der Waals surface area contributed by atoms with Crippen molar-refractivity contribution in [2.45, 2.75) is 19.8 Å². The number of hydrogen-bond acceptors (Lipinski definition) is 4. The van der Waals surface area contributed by atoms with Gasteiger partial charge in [0.15, 0.2) is 0 Å². The van der Waals surface area contributed by atoms with Gasteiger partial charge in [-0.1, -0.05) is 18.5 Å². The normalized spacial score (nSPS) is 10.3. The molecule has 1 aromatic carbocycles. The summed E-state index contributed by atoms with van der Waals surface area (Å²) in [4.78, 5) is 8.44. The SMILES string of the molecule is CCCc1nc(N)cc(Oc2ccc(Cl)cc2)n1. The number of ether oxygens (including phenoxy) is 1. The third-order valence-corrected chi connectivity index (χ3v) is 2.53. The molecule has 2 N–H and O–H groups in total. The number of rotatable bonds is 4. The molecule has 5 heteroatoms. The van der Waals surface area contributed by atoms with E-state index < -0.39 is 0 Å². The molecular formula is C13H14ClN3O. The Bertz CT molecular complexity index is 528. The van der Waals surface area contributed by atoms with Crippen molar-refractivity contribution in [2.75, 3.05) is 5.73 Å². The van der Waals surface area contributed by atoms with Crippen LogP contribution in [-0.4, -0.2) is 9.97 Å². The minimum absolute atomic E-state index is 0.414. The van der Waals surface area contributed by atoms with Gasteiger partial charge < -0.3 is 10.5 Å². The van der Waals surface area contributed by atoms with Crippen molar-refractivity contribution >= 4 is 17.4 Å². The second kappa shape index (κ2) is 5.69. The second-order valence-corrected chi connectivity index (χ2v) is 4.29. The topological polar surface area (TPSA) is 61.0 Å². The van der Waals surface area contributed by atoms with Gasteiger partial charge in [-0.15, -0.1) is 0 Å². The molecule has 1 heterocycles. The minimum Gasteiger partial charge on any atom is -0.439 e. The van der Waals surface area contributed by atoms with Gasteiger partial charge in [0.2, 0.25) is 5.88 Å². The van der Waals surface area contributed by atoms with Crippen LogP contribution in [0.15, 0.2) is 30.3 Å². The molecule has 0 atom stereocenters. The number of halogens is 1. The fourth-order valence-corrected chi connectivity index (χ4v) is 1.63. The molecule has 0 aliphatic heterocycles. The average molecular weight is 264 g/mol. The van der Waals surface area contributed by atoms with Crippen molar-refractivity contribution < 1.29 is 4.74 Å². The van der Waals surface area contributed by atoms with Crippen LogP contribution in [0.4, 0.5) is 5.82 Å². The van der Waals surface area contributed by atoms with E-state index in [2.05, 4.69) is 16.9 Å². The van der Waals surface area contributed by atoms with Gasteiger partial charge in [0.25, 0.3) is 0 Å². The molecular weight excluding hydrogens is 250 g/mol. The summed E-state index contributed by atoms with van der Waals surface area (Å²) in [6, 6.07) is 8.68. The van der Waals surface area contributed by atoms with Crippen molar-refractivity contribution in [3.8, 4) is 11.6 Å². The molecule has 0 unspecified atom stereocenters. The predicted molar refractivity (Wildman–Crippen MR) is 72.0 cm³/mol. The maximum absolute atomic E-state index is 5.81. The first-order valence-electron chi connectivity index (χ1n) is 5.74. The Morgan fingerprint density at radius 3 is 2.61 bits per heavy atom. The van der Waals surface area contributed by atoms with Crippen LogP contribution in [0.2, 0.25) is 5.02 Å². The summed E-state index contributed by atoms with van der Waals surface area (Å²) in [6.07, 6.45) is 1.74. The smallest absolute Gasteiger partial charge is 0.224 e. The van der Waals surface area contributed by atoms with Gasteiger partial charge in [-0.2, -0.15) is 4.98 Å². The molecule has 18 heavy (non-hydrogen) atoms. The number of nitrogen functional groups attached to an aromatic ring is 1. The van der Waals surface area contributed by atoms with Gasteiger partial charge >= 0.3 is 0 Å². The predicted octanol–water partition coefficient (Wildman–Crippen LogP) is 3.46. The van der Waals surface area contributed by atoms with Crippen LogP contribution in [0.3, 0.4) is 0 Å². The molecule has 2 aromatic rings. The molecule has 0 saturated carbocycles. The molecule has 94 valence electrons. The van der Waals surface area contributed by atoms with E-state index in [0.717, 1.165) is 12.8 Å². The van der Waals surface area contributed by atoms with Crippen LogP contribution in [0, 0.1) is 0 Å². The highest BCUT2D eigenvalue weighted by atomic mass is 35.5. The number of aromatic nitrogens is 2. The third-order valence-electron chi connectivity index (χ3n) is 2.28. The zero-order valence-electron chi connectivity index (χ0n) is 10.1. The van der Waals surface area contributed by atoms with Gasteiger partial charge in [0.05, 0.1) is 0 Å². The zero-order chi connectivity index (χ0) is 13.0. The maximum Gasteiger partial charge on any atom is 0.224 e. The lowest BCUT2D eigenvalue weighted by Gasteiger charge is -2.07. The van der Waals surface area contributed by atoms with Crippen LogP contribution in [-0.2, 0) is 6.42 Å². The summed E-state index contributed by atoms with van der Waals surface area (Å²) in [5, 5.41) is 0.663. The molecule has 0 amide bonds. The molecule has 0 spiro atoms. The summed E-state index contributed by atoms with van der Waals surface area (Å²) in [5.74, 6) is 2.23. The molecule has 0 aliphatic carbocycles. The monoisotopic (exact) mass is 263 g/mol. The number of anilines is 1. The maximum atomic E-state index is 5.81. The molecule has 0 radical (unpaired) electrons. The lowest BCUT2D eigenvalue weighted by atomic mass is 10.3. The van der Waals surface area contributed by atoms with Crippen molar-refractivity contribution in [3.05, 3.63) is 41.2 Å². The van der Waals surface area contributed by atoms with Crippen LogP contribution in [0.1, 0.15) is 19.2 Å². The Labute approximate surface area is 111 Å². The zero-order valence-corrected chi connectivity index (χ0v) is 10.8. The number of hydrogen-bond donors (Lipinski definition) is 1. The molecule has 0 aliphatic rings. The molecule has 1 aromatic heterocycles. The van der Waals surface area contributed by atoms with E-state index in [4.69, 9.17) is 22.1 Å². The highest BCUT2D eigenvalue weighted by Crippen LogP contribution is 2.22. The number of benzene rings is 1. The van der Waals surface area contributed by atoms with Crippen molar-refractivity contribution in [3.63, 3.8) is 0 Å². The first kappa shape index (κ1) is 12.6. The van der Waals surface area contributed by atoms with Crippen LogP contribution in [0.5, 0.6) is 11.6 Å². The number of nitrogens with zero attached hydrogens (tertiary/aromatic N) is 2. The fraction of sp³-hybridized carbons (Fsp3) is 0.231. The van der Waals surface area contributed by atoms with Gasteiger partial charge in [0, 0.05) is 17.5 Å². The van der Waals surface area contributed by atoms with E-state index in [1.807, 2.05) is 0 Å².